The van der Waals surface area contributed by atoms with E-state index in [0.717, 1.165) is 18.8 Å². The van der Waals surface area contributed by atoms with Crippen molar-refractivity contribution in [1.29, 1.82) is 0 Å². The van der Waals surface area contributed by atoms with Gasteiger partial charge in [0.1, 0.15) is 0 Å². The van der Waals surface area contributed by atoms with Crippen LogP contribution in [0.5, 0.6) is 0 Å². The second-order valence-electron chi connectivity index (χ2n) is 3.27. The molecule has 1 N–H and O–H groups in total. The first kappa shape index (κ1) is 16.6. The zero-order valence-corrected chi connectivity index (χ0v) is 10.2. The van der Waals surface area contributed by atoms with Gasteiger partial charge in [0.05, 0.1) is 31.6 Å². The number of esters is 3. The maximum Gasteiger partial charge on any atom is 0.344 e. The van der Waals surface area contributed by atoms with Crippen LogP contribution in [0.2, 0.25) is 0 Å². The van der Waals surface area contributed by atoms with E-state index in [2.05, 4.69) is 33.9 Å². The third kappa shape index (κ3) is 5.64. The van der Waals surface area contributed by atoms with E-state index in [1.807, 2.05) is 0 Å². The zero-order chi connectivity index (χ0) is 14.9. The van der Waals surface area contributed by atoms with Crippen molar-refractivity contribution in [3.63, 3.8) is 0 Å². The molecule has 0 bridgehead atoms. The van der Waals surface area contributed by atoms with Crippen molar-refractivity contribution >= 4 is 17.9 Å². The number of carbonyl (C=O) groups is 3. The van der Waals surface area contributed by atoms with Crippen LogP contribution in [0.1, 0.15) is 12.8 Å². The molecule has 0 aromatic rings. The molecule has 0 aliphatic rings. The van der Waals surface area contributed by atoms with E-state index in [4.69, 9.17) is 0 Å². The molecule has 0 aromatic heterocycles. The molecule has 0 radical (unpaired) electrons. The SMILES string of the molecule is C=COC(=O)CC(O)(CC(=O)OC=C)C(=O)OC=C. The molecule has 0 aromatic carbocycles. The Balaban J connectivity index is 4.99. The van der Waals surface area contributed by atoms with Crippen LogP contribution in [0.3, 0.4) is 0 Å². The average molecular weight is 270 g/mol. The normalized spacial score (nSPS) is 9.95. The predicted molar refractivity (Wildman–Crippen MR) is 63.1 cm³/mol. The quantitative estimate of drug-likeness (QED) is 0.390. The van der Waals surface area contributed by atoms with Crippen molar-refractivity contribution in [2.45, 2.75) is 18.4 Å². The smallest absolute Gasteiger partial charge is 0.344 e. The van der Waals surface area contributed by atoms with E-state index in [9.17, 15) is 19.5 Å². The Morgan fingerprint density at radius 2 is 1.26 bits per heavy atom. The molecule has 0 aliphatic heterocycles. The lowest BCUT2D eigenvalue weighted by Gasteiger charge is -2.22. The maximum absolute atomic E-state index is 11.5. The first-order valence-electron chi connectivity index (χ1n) is 5.04. The molecule has 7 nitrogen and oxygen atoms in total. The fraction of sp³-hybridized carbons (Fsp3) is 0.250. The van der Waals surface area contributed by atoms with Crippen molar-refractivity contribution in [2.75, 3.05) is 0 Å². The number of aliphatic hydroxyl groups is 1. The van der Waals surface area contributed by atoms with E-state index in [1.54, 1.807) is 0 Å². The largest absolute Gasteiger partial charge is 0.435 e. The van der Waals surface area contributed by atoms with Crippen LogP contribution in [0, 0.1) is 0 Å². The number of ether oxygens (including phenoxy) is 3. The van der Waals surface area contributed by atoms with Gasteiger partial charge >= 0.3 is 17.9 Å². The monoisotopic (exact) mass is 270 g/mol. The van der Waals surface area contributed by atoms with Crippen LogP contribution in [-0.2, 0) is 28.6 Å². The van der Waals surface area contributed by atoms with E-state index < -0.39 is 36.4 Å². The summed E-state index contributed by atoms with van der Waals surface area (Å²) >= 11 is 0. The zero-order valence-electron chi connectivity index (χ0n) is 10.2. The lowest BCUT2D eigenvalue weighted by molar-refractivity contribution is -0.171. The highest BCUT2D eigenvalue weighted by Crippen LogP contribution is 2.20. The summed E-state index contributed by atoms with van der Waals surface area (Å²) in [5.41, 5.74) is -2.42. The molecule has 0 amide bonds. The summed E-state index contributed by atoms with van der Waals surface area (Å²) in [7, 11) is 0. The highest BCUT2D eigenvalue weighted by molar-refractivity contribution is 5.90. The van der Waals surface area contributed by atoms with Crippen LogP contribution in [-0.4, -0.2) is 28.6 Å². The molecular formula is C12H14O7. The number of rotatable bonds is 8. The fourth-order valence-corrected chi connectivity index (χ4v) is 1.14. The summed E-state index contributed by atoms with van der Waals surface area (Å²) in [6.45, 7) is 9.41. The van der Waals surface area contributed by atoms with E-state index >= 15 is 0 Å². The Kier molecular flexibility index (Phi) is 6.83. The molecule has 0 saturated carbocycles. The first-order chi connectivity index (χ1) is 8.89. The lowest BCUT2D eigenvalue weighted by atomic mass is 9.95. The summed E-state index contributed by atoms with van der Waals surface area (Å²) in [6, 6.07) is 0. The van der Waals surface area contributed by atoms with Gasteiger partial charge in [0.25, 0.3) is 0 Å². The fourth-order valence-electron chi connectivity index (χ4n) is 1.14. The second kappa shape index (κ2) is 7.83. The summed E-state index contributed by atoms with van der Waals surface area (Å²) in [5.74, 6) is -3.17. The Morgan fingerprint density at radius 3 is 1.58 bits per heavy atom. The average Bonchev–Trinajstić information content (AvgIpc) is 2.29. The molecule has 7 heteroatoms. The Labute approximate surface area is 109 Å². The minimum atomic E-state index is -2.42. The predicted octanol–water partition coefficient (Wildman–Crippen LogP) is 0.558. The molecule has 0 atom stereocenters. The summed E-state index contributed by atoms with van der Waals surface area (Å²) in [4.78, 5) is 34.0. The molecule has 104 valence electrons. The molecule has 0 unspecified atom stereocenters. The molecule has 19 heavy (non-hydrogen) atoms. The van der Waals surface area contributed by atoms with Crippen LogP contribution in [0.15, 0.2) is 38.5 Å². The highest BCUT2D eigenvalue weighted by Gasteiger charge is 2.43. The third-order valence-corrected chi connectivity index (χ3v) is 1.87. The lowest BCUT2D eigenvalue weighted by Crippen LogP contribution is -2.43. The minimum absolute atomic E-state index is 0.755. The first-order valence-corrected chi connectivity index (χ1v) is 5.04. The van der Waals surface area contributed by atoms with Gasteiger partial charge in [-0.15, -0.1) is 0 Å². The van der Waals surface area contributed by atoms with Gasteiger partial charge in [-0.2, -0.15) is 0 Å². The van der Waals surface area contributed by atoms with Crippen LogP contribution >= 0.6 is 0 Å². The summed E-state index contributed by atoms with van der Waals surface area (Å²) in [5, 5.41) is 10.0. The third-order valence-electron chi connectivity index (χ3n) is 1.87. The van der Waals surface area contributed by atoms with Crippen molar-refractivity contribution in [3.8, 4) is 0 Å². The van der Waals surface area contributed by atoms with Gasteiger partial charge in [0.2, 0.25) is 0 Å². The Bertz CT molecular complexity index is 373. The Hall–Kier alpha value is -2.41. The molecule has 0 spiro atoms. The molecular weight excluding hydrogens is 256 g/mol. The van der Waals surface area contributed by atoms with Crippen molar-refractivity contribution in [1.82, 2.24) is 0 Å². The van der Waals surface area contributed by atoms with Gasteiger partial charge in [-0.25, -0.2) is 4.79 Å². The van der Waals surface area contributed by atoms with Crippen molar-refractivity contribution in [3.05, 3.63) is 38.5 Å². The van der Waals surface area contributed by atoms with E-state index in [1.165, 1.54) is 0 Å². The molecule has 0 heterocycles. The van der Waals surface area contributed by atoms with E-state index in [0.29, 0.717) is 0 Å². The van der Waals surface area contributed by atoms with Gasteiger partial charge in [0.15, 0.2) is 5.60 Å². The van der Waals surface area contributed by atoms with Gasteiger partial charge < -0.3 is 19.3 Å². The maximum atomic E-state index is 11.5. The number of hydrogen-bond donors (Lipinski definition) is 1. The summed E-state index contributed by atoms with van der Waals surface area (Å²) < 4.78 is 13.1. The van der Waals surface area contributed by atoms with Crippen molar-refractivity contribution in [2.24, 2.45) is 0 Å². The van der Waals surface area contributed by atoms with Crippen LogP contribution in [0.4, 0.5) is 0 Å². The minimum Gasteiger partial charge on any atom is -0.435 e. The molecule has 0 aliphatic carbocycles. The van der Waals surface area contributed by atoms with Crippen LogP contribution < -0.4 is 0 Å². The topological polar surface area (TPSA) is 99.1 Å². The van der Waals surface area contributed by atoms with Gasteiger partial charge in [-0.1, -0.05) is 19.7 Å². The molecule has 0 saturated heterocycles. The van der Waals surface area contributed by atoms with Crippen LogP contribution in [0.25, 0.3) is 0 Å². The summed E-state index contributed by atoms with van der Waals surface area (Å²) in [6.07, 6.45) is 0.786. The van der Waals surface area contributed by atoms with Crippen molar-refractivity contribution < 1.29 is 33.7 Å². The molecule has 0 rings (SSSR count). The highest BCUT2D eigenvalue weighted by atomic mass is 16.6. The Morgan fingerprint density at radius 1 is 0.895 bits per heavy atom. The van der Waals surface area contributed by atoms with Gasteiger partial charge in [0, 0.05) is 0 Å². The number of carbonyl (C=O) groups excluding carboxylic acids is 3. The second-order valence-corrected chi connectivity index (χ2v) is 3.27. The van der Waals surface area contributed by atoms with E-state index in [-0.39, 0.29) is 0 Å². The standard InChI is InChI=1S/C12H14O7/c1-4-17-9(13)7-12(16,11(15)19-6-3)8-10(14)18-5-2/h4-6,16H,1-3,7-8H2. The van der Waals surface area contributed by atoms with Gasteiger partial charge in [-0.05, 0) is 0 Å². The molecule has 0 fully saturated rings. The number of hydrogen-bond acceptors (Lipinski definition) is 7. The van der Waals surface area contributed by atoms with Gasteiger partial charge in [-0.3, -0.25) is 9.59 Å².